The summed E-state index contributed by atoms with van der Waals surface area (Å²) in [5, 5.41) is 9.97. The molecule has 0 N–H and O–H groups in total. The number of nitro groups is 1. The Morgan fingerprint density at radius 3 is 2.47 bits per heavy atom. The monoisotopic (exact) mass is 245 g/mol. The standard InChI is InChI=1S/C9H8ClNO3S/c10-9(12)6-15-5-7-1-3-8(4-2-7)11(13)14/h1-4H,5-6H2. The van der Waals surface area contributed by atoms with Gasteiger partial charge in [0.1, 0.15) is 0 Å². The zero-order valence-corrected chi connectivity index (χ0v) is 9.25. The first-order valence-electron chi connectivity index (χ1n) is 4.09. The molecule has 0 saturated carbocycles. The number of carbonyl (C=O) groups excluding carboxylic acids is 1. The molecule has 0 amide bonds. The molecule has 1 aromatic carbocycles. The van der Waals surface area contributed by atoms with E-state index in [0.717, 1.165) is 5.56 Å². The van der Waals surface area contributed by atoms with Crippen LogP contribution in [0.3, 0.4) is 0 Å². The first kappa shape index (κ1) is 12.0. The second-order valence-corrected chi connectivity index (χ2v) is 4.18. The van der Waals surface area contributed by atoms with Gasteiger partial charge in [-0.15, -0.1) is 11.8 Å². The van der Waals surface area contributed by atoms with Gasteiger partial charge in [0, 0.05) is 17.9 Å². The number of rotatable bonds is 5. The number of benzene rings is 1. The predicted octanol–water partition coefficient (Wildman–Crippen LogP) is 2.59. The van der Waals surface area contributed by atoms with Crippen LogP contribution in [0, 0.1) is 10.1 Å². The Bertz CT molecular complexity index is 366. The number of hydrogen-bond acceptors (Lipinski definition) is 4. The first-order valence-corrected chi connectivity index (χ1v) is 5.62. The van der Waals surface area contributed by atoms with Crippen molar-refractivity contribution in [1.29, 1.82) is 0 Å². The summed E-state index contributed by atoms with van der Waals surface area (Å²) < 4.78 is 0. The SMILES string of the molecule is O=C(Cl)CSCc1ccc([N+](=O)[O-])cc1. The summed E-state index contributed by atoms with van der Waals surface area (Å²) in [6.45, 7) is 0. The van der Waals surface area contributed by atoms with E-state index in [1.54, 1.807) is 12.1 Å². The number of carbonyl (C=O) groups is 1. The van der Waals surface area contributed by atoms with E-state index in [1.165, 1.54) is 23.9 Å². The van der Waals surface area contributed by atoms with Gasteiger partial charge in [-0.2, -0.15) is 0 Å². The lowest BCUT2D eigenvalue weighted by Crippen LogP contribution is -1.91. The molecule has 0 saturated heterocycles. The van der Waals surface area contributed by atoms with Gasteiger partial charge in [-0.1, -0.05) is 12.1 Å². The van der Waals surface area contributed by atoms with Crippen LogP contribution in [0.15, 0.2) is 24.3 Å². The van der Waals surface area contributed by atoms with Crippen LogP contribution >= 0.6 is 23.4 Å². The van der Waals surface area contributed by atoms with Crippen LogP contribution in [0.5, 0.6) is 0 Å². The van der Waals surface area contributed by atoms with Crippen molar-refractivity contribution in [3.63, 3.8) is 0 Å². The summed E-state index contributed by atoms with van der Waals surface area (Å²) in [5.41, 5.74) is 1.00. The average Bonchev–Trinajstić information content (AvgIpc) is 2.18. The molecule has 0 unspecified atom stereocenters. The van der Waals surface area contributed by atoms with Crippen molar-refractivity contribution in [2.75, 3.05) is 5.75 Å². The molecule has 6 heteroatoms. The molecule has 1 aromatic rings. The summed E-state index contributed by atoms with van der Waals surface area (Å²) in [7, 11) is 0. The third-order valence-electron chi connectivity index (χ3n) is 1.63. The minimum absolute atomic E-state index is 0.0668. The van der Waals surface area contributed by atoms with E-state index in [1.807, 2.05) is 0 Å². The van der Waals surface area contributed by atoms with Gasteiger partial charge in [-0.3, -0.25) is 14.9 Å². The van der Waals surface area contributed by atoms with Gasteiger partial charge in [0.05, 0.1) is 10.7 Å². The Morgan fingerprint density at radius 1 is 1.40 bits per heavy atom. The van der Waals surface area contributed by atoms with E-state index in [0.29, 0.717) is 5.75 Å². The number of non-ortho nitro benzene ring substituents is 1. The zero-order valence-electron chi connectivity index (χ0n) is 7.68. The first-order chi connectivity index (χ1) is 7.09. The highest BCUT2D eigenvalue weighted by molar-refractivity contribution is 7.99. The zero-order chi connectivity index (χ0) is 11.3. The van der Waals surface area contributed by atoms with Crippen molar-refractivity contribution < 1.29 is 9.72 Å². The molecule has 0 bridgehead atoms. The van der Waals surface area contributed by atoms with Crippen LogP contribution < -0.4 is 0 Å². The molecule has 0 radical (unpaired) electrons. The molecule has 0 aliphatic carbocycles. The van der Waals surface area contributed by atoms with Crippen LogP contribution in [0.2, 0.25) is 0 Å². The van der Waals surface area contributed by atoms with Gasteiger partial charge in [0.2, 0.25) is 5.24 Å². The molecule has 0 aliphatic heterocycles. The van der Waals surface area contributed by atoms with E-state index >= 15 is 0 Å². The van der Waals surface area contributed by atoms with E-state index in [9.17, 15) is 14.9 Å². The molecule has 0 atom stereocenters. The predicted molar refractivity (Wildman–Crippen MR) is 60.1 cm³/mol. The second kappa shape index (κ2) is 5.72. The normalized spacial score (nSPS) is 9.93. The number of hydrogen-bond donors (Lipinski definition) is 0. The lowest BCUT2D eigenvalue weighted by atomic mass is 10.2. The van der Waals surface area contributed by atoms with Crippen LogP contribution in [0.25, 0.3) is 0 Å². The Balaban J connectivity index is 2.50. The van der Waals surface area contributed by atoms with E-state index in [-0.39, 0.29) is 16.7 Å². The maximum Gasteiger partial charge on any atom is 0.269 e. The van der Waals surface area contributed by atoms with Gasteiger partial charge >= 0.3 is 0 Å². The molecule has 0 heterocycles. The van der Waals surface area contributed by atoms with Crippen LogP contribution in [0.1, 0.15) is 5.56 Å². The maximum absolute atomic E-state index is 10.4. The quantitative estimate of drug-likeness (QED) is 0.454. The maximum atomic E-state index is 10.4. The van der Waals surface area contributed by atoms with Crippen LogP contribution in [-0.2, 0) is 10.5 Å². The fourth-order valence-electron chi connectivity index (χ4n) is 0.963. The van der Waals surface area contributed by atoms with Gasteiger partial charge in [-0.25, -0.2) is 0 Å². The molecule has 15 heavy (non-hydrogen) atoms. The topological polar surface area (TPSA) is 60.2 Å². The summed E-state index contributed by atoms with van der Waals surface area (Å²) in [6, 6.07) is 6.23. The largest absolute Gasteiger partial charge is 0.280 e. The number of thioether (sulfide) groups is 1. The minimum Gasteiger partial charge on any atom is -0.280 e. The minimum atomic E-state index is -0.445. The Morgan fingerprint density at radius 2 is 2.00 bits per heavy atom. The van der Waals surface area contributed by atoms with Crippen molar-refractivity contribution in [3.8, 4) is 0 Å². The molecular weight excluding hydrogens is 238 g/mol. The van der Waals surface area contributed by atoms with Crippen molar-refractivity contribution >= 4 is 34.3 Å². The molecule has 0 fully saturated rings. The molecule has 0 aromatic heterocycles. The number of nitrogens with zero attached hydrogens (tertiary/aromatic N) is 1. The Kier molecular flexibility index (Phi) is 4.58. The molecule has 0 aliphatic rings. The highest BCUT2D eigenvalue weighted by atomic mass is 35.5. The lowest BCUT2D eigenvalue weighted by Gasteiger charge is -1.98. The highest BCUT2D eigenvalue weighted by Gasteiger charge is 2.04. The van der Waals surface area contributed by atoms with E-state index < -0.39 is 4.92 Å². The number of halogens is 1. The lowest BCUT2D eigenvalue weighted by molar-refractivity contribution is -0.384. The van der Waals surface area contributed by atoms with Crippen molar-refractivity contribution in [2.24, 2.45) is 0 Å². The van der Waals surface area contributed by atoms with Gasteiger partial charge in [-0.05, 0) is 17.2 Å². The van der Waals surface area contributed by atoms with Crippen molar-refractivity contribution in [3.05, 3.63) is 39.9 Å². The third kappa shape index (κ3) is 4.31. The van der Waals surface area contributed by atoms with Gasteiger partial charge in [0.25, 0.3) is 5.69 Å². The van der Waals surface area contributed by atoms with Gasteiger partial charge < -0.3 is 0 Å². The molecule has 1 rings (SSSR count). The van der Waals surface area contributed by atoms with Gasteiger partial charge in [0.15, 0.2) is 0 Å². The molecule has 4 nitrogen and oxygen atoms in total. The fraction of sp³-hybridized carbons (Fsp3) is 0.222. The van der Waals surface area contributed by atoms with Crippen LogP contribution in [0.4, 0.5) is 5.69 Å². The summed E-state index contributed by atoms with van der Waals surface area (Å²) in [5.74, 6) is 0.870. The molecular formula is C9H8ClNO3S. The van der Waals surface area contributed by atoms with E-state index in [4.69, 9.17) is 11.6 Å². The number of nitro benzene ring substituents is 1. The molecule has 0 spiro atoms. The second-order valence-electron chi connectivity index (χ2n) is 2.77. The summed E-state index contributed by atoms with van der Waals surface area (Å²) >= 11 is 6.54. The average molecular weight is 246 g/mol. The van der Waals surface area contributed by atoms with E-state index in [2.05, 4.69) is 0 Å². The van der Waals surface area contributed by atoms with Crippen LogP contribution in [-0.4, -0.2) is 15.9 Å². The summed E-state index contributed by atoms with van der Waals surface area (Å²) in [4.78, 5) is 20.3. The van der Waals surface area contributed by atoms with Crippen molar-refractivity contribution in [1.82, 2.24) is 0 Å². The summed E-state index contributed by atoms with van der Waals surface area (Å²) in [6.07, 6.45) is 0. The Labute approximate surface area is 95.8 Å². The Hall–Kier alpha value is -1.07. The van der Waals surface area contributed by atoms with Crippen molar-refractivity contribution in [2.45, 2.75) is 5.75 Å². The molecule has 80 valence electrons. The fourth-order valence-corrected chi connectivity index (χ4v) is 1.89. The third-order valence-corrected chi connectivity index (χ3v) is 2.93. The smallest absolute Gasteiger partial charge is 0.269 e. The highest BCUT2D eigenvalue weighted by Crippen LogP contribution is 2.16.